The van der Waals surface area contributed by atoms with Crippen molar-refractivity contribution in [3.8, 4) is 11.4 Å². The third-order valence-electron chi connectivity index (χ3n) is 7.07. The largest absolute Gasteiger partial charge is 0.377 e. The van der Waals surface area contributed by atoms with Gasteiger partial charge in [0.2, 0.25) is 0 Å². The first-order chi connectivity index (χ1) is 17.7. The second kappa shape index (κ2) is 9.75. The number of ether oxygens (including phenoxy) is 1. The number of urea groups is 1. The van der Waals surface area contributed by atoms with Crippen LogP contribution in [0.1, 0.15) is 31.0 Å². The zero-order valence-corrected chi connectivity index (χ0v) is 22.0. The summed E-state index contributed by atoms with van der Waals surface area (Å²) >= 11 is 0. The number of aromatic nitrogens is 2. The molecule has 1 atom stereocenters. The van der Waals surface area contributed by atoms with E-state index in [0.717, 1.165) is 11.1 Å². The molecule has 10 heteroatoms. The van der Waals surface area contributed by atoms with Crippen molar-refractivity contribution < 1.29 is 17.9 Å². The highest BCUT2D eigenvalue weighted by atomic mass is 32.2. The molecule has 2 fully saturated rings. The number of nitrogens with zero attached hydrogens (tertiary/aromatic N) is 3. The molecule has 0 spiro atoms. The van der Waals surface area contributed by atoms with Crippen LogP contribution in [0.5, 0.6) is 0 Å². The summed E-state index contributed by atoms with van der Waals surface area (Å²) in [7, 11) is -2.13. The fourth-order valence-corrected chi connectivity index (χ4v) is 6.94. The first-order valence-corrected chi connectivity index (χ1v) is 13.9. The smallest absolute Gasteiger partial charge is 0.318 e. The van der Waals surface area contributed by atoms with Crippen molar-refractivity contribution in [3.05, 3.63) is 65.9 Å². The van der Waals surface area contributed by atoms with Crippen LogP contribution < -0.4 is 15.5 Å². The summed E-state index contributed by atoms with van der Waals surface area (Å²) in [5.74, 6) is 1.14. The molecule has 2 aliphatic rings. The fraction of sp³-hybridized carbons (Fsp3) is 0.370. The van der Waals surface area contributed by atoms with E-state index in [1.165, 1.54) is 0 Å². The second-order valence-corrected chi connectivity index (χ2v) is 11.8. The fourth-order valence-electron chi connectivity index (χ4n) is 4.75. The SMILES string of the molecule is CNC(=O)Nc1ccc(-c2nc(N3CCOC[C@@H]3C)cc(C3(S(=O)(=O)c4ccccc4C)CC3)n2)cc1. The molecule has 1 aromatic heterocycles. The van der Waals surface area contributed by atoms with E-state index in [1.807, 2.05) is 37.3 Å². The number of carbonyl (C=O) groups excluding carboxylic acids is 1. The second-order valence-electron chi connectivity index (χ2n) is 9.60. The molecular weight excluding hydrogens is 490 g/mol. The molecule has 1 saturated heterocycles. The Morgan fingerprint density at radius 1 is 1.11 bits per heavy atom. The summed E-state index contributed by atoms with van der Waals surface area (Å²) in [5, 5.41) is 5.26. The van der Waals surface area contributed by atoms with Gasteiger partial charge in [0, 0.05) is 30.9 Å². The van der Waals surface area contributed by atoms with Crippen LogP contribution in [-0.4, -0.2) is 57.3 Å². The normalized spacial score (nSPS) is 18.8. The van der Waals surface area contributed by atoms with Gasteiger partial charge in [0.25, 0.3) is 0 Å². The van der Waals surface area contributed by atoms with Crippen molar-refractivity contribution in [2.45, 2.75) is 42.4 Å². The predicted molar refractivity (Wildman–Crippen MR) is 142 cm³/mol. The highest BCUT2D eigenvalue weighted by Gasteiger charge is 2.58. The van der Waals surface area contributed by atoms with Gasteiger partial charge in [-0.05, 0) is 62.6 Å². The number of aryl methyl sites for hydroxylation is 1. The Bertz CT molecular complexity index is 1420. The summed E-state index contributed by atoms with van der Waals surface area (Å²) < 4.78 is 32.5. The predicted octanol–water partition coefficient (Wildman–Crippen LogP) is 3.89. The van der Waals surface area contributed by atoms with E-state index in [2.05, 4.69) is 22.5 Å². The van der Waals surface area contributed by atoms with Crippen LogP contribution in [0.25, 0.3) is 11.4 Å². The Labute approximate surface area is 217 Å². The van der Waals surface area contributed by atoms with E-state index in [0.29, 0.717) is 60.5 Å². The van der Waals surface area contributed by atoms with E-state index in [1.54, 1.807) is 31.3 Å². The molecular formula is C27H31N5O4S. The summed E-state index contributed by atoms with van der Waals surface area (Å²) in [6.45, 7) is 5.69. The van der Waals surface area contributed by atoms with Gasteiger partial charge in [0.15, 0.2) is 15.7 Å². The van der Waals surface area contributed by atoms with Gasteiger partial charge in [-0.3, -0.25) is 0 Å². The summed E-state index contributed by atoms with van der Waals surface area (Å²) in [5.41, 5.74) is 2.60. The van der Waals surface area contributed by atoms with Crippen molar-refractivity contribution in [1.29, 1.82) is 0 Å². The van der Waals surface area contributed by atoms with E-state index < -0.39 is 14.6 Å². The third kappa shape index (κ3) is 4.67. The lowest BCUT2D eigenvalue weighted by Crippen LogP contribution is -2.44. The Morgan fingerprint density at radius 2 is 1.84 bits per heavy atom. The minimum atomic E-state index is -3.68. The van der Waals surface area contributed by atoms with Gasteiger partial charge < -0.3 is 20.3 Å². The molecule has 9 nitrogen and oxygen atoms in total. The molecule has 2 aromatic carbocycles. The molecule has 0 unspecified atom stereocenters. The van der Waals surface area contributed by atoms with Crippen LogP contribution in [-0.2, 0) is 19.3 Å². The average molecular weight is 522 g/mol. The van der Waals surface area contributed by atoms with E-state index >= 15 is 0 Å². The number of hydrogen-bond donors (Lipinski definition) is 2. The Balaban J connectivity index is 1.60. The lowest BCUT2D eigenvalue weighted by molar-refractivity contribution is 0.0985. The first kappa shape index (κ1) is 25.2. The minimum Gasteiger partial charge on any atom is -0.377 e. The Hall–Kier alpha value is -3.50. The molecule has 2 amide bonds. The quantitative estimate of drug-likeness (QED) is 0.506. The molecule has 37 heavy (non-hydrogen) atoms. The van der Waals surface area contributed by atoms with E-state index in [-0.39, 0.29) is 12.1 Å². The van der Waals surface area contributed by atoms with Crippen molar-refractivity contribution in [3.63, 3.8) is 0 Å². The maximum Gasteiger partial charge on any atom is 0.318 e. The molecule has 1 aliphatic heterocycles. The molecule has 0 bridgehead atoms. The van der Waals surface area contributed by atoms with Gasteiger partial charge in [-0.25, -0.2) is 23.2 Å². The minimum absolute atomic E-state index is 0.0895. The van der Waals surface area contributed by atoms with Crippen LogP contribution >= 0.6 is 0 Å². The number of benzene rings is 2. The van der Waals surface area contributed by atoms with Crippen molar-refractivity contribution >= 4 is 27.4 Å². The zero-order valence-electron chi connectivity index (χ0n) is 21.2. The van der Waals surface area contributed by atoms with E-state index in [9.17, 15) is 13.2 Å². The van der Waals surface area contributed by atoms with Crippen molar-refractivity contribution in [2.75, 3.05) is 37.0 Å². The number of nitrogens with one attached hydrogen (secondary N) is 2. The first-order valence-electron chi connectivity index (χ1n) is 12.4. The molecule has 194 valence electrons. The van der Waals surface area contributed by atoms with Gasteiger partial charge in [-0.1, -0.05) is 18.2 Å². The Morgan fingerprint density at radius 3 is 2.49 bits per heavy atom. The van der Waals surface area contributed by atoms with Gasteiger partial charge in [0.1, 0.15) is 10.6 Å². The highest BCUT2D eigenvalue weighted by Crippen LogP contribution is 2.55. The number of rotatable bonds is 6. The lowest BCUT2D eigenvalue weighted by atomic mass is 10.1. The van der Waals surface area contributed by atoms with Gasteiger partial charge >= 0.3 is 6.03 Å². The zero-order chi connectivity index (χ0) is 26.2. The molecule has 2 heterocycles. The summed E-state index contributed by atoms with van der Waals surface area (Å²) in [6, 6.07) is 15.9. The molecule has 3 aromatic rings. The van der Waals surface area contributed by atoms with Crippen LogP contribution in [0.3, 0.4) is 0 Å². The van der Waals surface area contributed by atoms with Crippen LogP contribution in [0.15, 0.2) is 59.5 Å². The summed E-state index contributed by atoms with van der Waals surface area (Å²) in [6.07, 6.45) is 1.01. The van der Waals surface area contributed by atoms with Crippen LogP contribution in [0.2, 0.25) is 0 Å². The molecule has 2 N–H and O–H groups in total. The molecule has 5 rings (SSSR count). The topological polar surface area (TPSA) is 114 Å². The lowest BCUT2D eigenvalue weighted by Gasteiger charge is -2.34. The number of hydrogen-bond acceptors (Lipinski definition) is 7. The average Bonchev–Trinajstić information content (AvgIpc) is 3.72. The monoisotopic (exact) mass is 521 g/mol. The number of sulfone groups is 1. The van der Waals surface area contributed by atoms with Crippen molar-refractivity contribution in [1.82, 2.24) is 15.3 Å². The van der Waals surface area contributed by atoms with Gasteiger partial charge in [-0.15, -0.1) is 0 Å². The number of amides is 2. The van der Waals surface area contributed by atoms with Crippen LogP contribution in [0.4, 0.5) is 16.3 Å². The number of carbonyl (C=O) groups is 1. The van der Waals surface area contributed by atoms with Crippen LogP contribution in [0, 0.1) is 6.92 Å². The van der Waals surface area contributed by atoms with Gasteiger partial charge in [-0.2, -0.15) is 0 Å². The Kier molecular flexibility index (Phi) is 6.63. The third-order valence-corrected chi connectivity index (χ3v) is 9.75. The van der Waals surface area contributed by atoms with Crippen molar-refractivity contribution in [2.24, 2.45) is 0 Å². The van der Waals surface area contributed by atoms with E-state index in [4.69, 9.17) is 14.7 Å². The molecule has 1 saturated carbocycles. The number of anilines is 2. The van der Waals surface area contributed by atoms with Gasteiger partial charge in [0.05, 0.1) is 29.8 Å². The molecule has 0 radical (unpaired) electrons. The highest BCUT2D eigenvalue weighted by molar-refractivity contribution is 7.92. The standard InChI is InChI=1S/C27H31N5O4S/c1-18-6-4-5-7-22(18)37(34,35)27(12-13-27)23-16-24(32-14-15-36-17-19(32)2)31-25(30-23)20-8-10-21(11-9-20)29-26(33)28-3/h4-11,16,19H,12-15,17H2,1-3H3,(H2,28,29,33)/t19-/m0/s1. The maximum atomic E-state index is 14.0. The molecule has 1 aliphatic carbocycles. The summed E-state index contributed by atoms with van der Waals surface area (Å²) in [4.78, 5) is 23.9. The number of morpholine rings is 1. The maximum absolute atomic E-state index is 14.0.